The van der Waals surface area contributed by atoms with Crippen LogP contribution in [0.1, 0.15) is 13.8 Å². The number of hydrazine groups is 1. The zero-order valence-electron chi connectivity index (χ0n) is 8.71. The average Bonchev–Trinajstić information content (AvgIpc) is 2.13. The first-order valence-electron chi connectivity index (χ1n) is 4.30. The first-order valence-corrected chi connectivity index (χ1v) is 5.69. The Labute approximate surface area is 88.0 Å². The monoisotopic (exact) mass is 223 g/mol. The normalized spacial score (nSPS) is 11.9. The van der Waals surface area contributed by atoms with Gasteiger partial charge < -0.3 is 15.2 Å². The van der Waals surface area contributed by atoms with Crippen molar-refractivity contribution in [2.75, 3.05) is 25.3 Å². The molecule has 0 spiro atoms. The smallest absolute Gasteiger partial charge is 0.234 e. The summed E-state index contributed by atoms with van der Waals surface area (Å²) in [6.45, 7) is 3.83. The Morgan fingerprint density at radius 1 is 1.64 bits per heavy atom. The van der Waals surface area contributed by atoms with Crippen molar-refractivity contribution >= 4 is 11.8 Å². The van der Waals surface area contributed by atoms with Crippen molar-refractivity contribution in [3.05, 3.63) is 5.21 Å². The number of aliphatic hydroxyl groups excluding tert-OH is 1. The zero-order chi connectivity index (χ0) is 11.0. The fourth-order valence-corrected chi connectivity index (χ4v) is 0.969. The molecule has 0 aliphatic carbocycles. The summed E-state index contributed by atoms with van der Waals surface area (Å²) in [6.07, 6.45) is 1.85. The topological polar surface area (TPSA) is 71.1 Å². The number of hydrogen-bond acceptors (Lipinski definition) is 5. The van der Waals surface area contributed by atoms with Gasteiger partial charge in [0.25, 0.3) is 0 Å². The van der Waals surface area contributed by atoms with Crippen LogP contribution in [0.4, 0.5) is 0 Å². The molecule has 14 heavy (non-hydrogen) atoms. The molecule has 0 rings (SSSR count). The Bertz CT molecular complexity index is 178. The van der Waals surface area contributed by atoms with Gasteiger partial charge in [-0.25, -0.2) is 0 Å². The SMILES string of the molecule is CSCON=[N+]([O-])N(CCO)C(C)C. The van der Waals surface area contributed by atoms with E-state index in [1.165, 1.54) is 16.8 Å². The molecule has 7 heteroatoms. The van der Waals surface area contributed by atoms with Gasteiger partial charge in [-0.2, -0.15) is 0 Å². The minimum absolute atomic E-state index is 0.0266. The van der Waals surface area contributed by atoms with E-state index in [4.69, 9.17) is 9.94 Å². The predicted octanol–water partition coefficient (Wildman–Crippen LogP) is 0.819. The van der Waals surface area contributed by atoms with Gasteiger partial charge in [0.05, 0.1) is 17.6 Å². The van der Waals surface area contributed by atoms with E-state index in [9.17, 15) is 5.21 Å². The first kappa shape index (κ1) is 13.3. The lowest BCUT2D eigenvalue weighted by molar-refractivity contribution is -0.717. The molecule has 84 valence electrons. The van der Waals surface area contributed by atoms with Gasteiger partial charge in [-0.15, -0.1) is 16.8 Å². The van der Waals surface area contributed by atoms with Gasteiger partial charge in [0.1, 0.15) is 6.54 Å². The first-order chi connectivity index (χ1) is 6.63. The highest BCUT2D eigenvalue weighted by Crippen LogP contribution is 2.00. The summed E-state index contributed by atoms with van der Waals surface area (Å²) in [5.74, 6) is 0.337. The molecular formula is C7H17N3O3S. The van der Waals surface area contributed by atoms with Gasteiger partial charge in [0.15, 0.2) is 5.94 Å². The van der Waals surface area contributed by atoms with E-state index in [0.717, 1.165) is 0 Å². The molecule has 0 atom stereocenters. The summed E-state index contributed by atoms with van der Waals surface area (Å²) in [6, 6.07) is -0.0266. The third kappa shape index (κ3) is 5.13. The molecule has 0 aromatic rings. The van der Waals surface area contributed by atoms with Crippen LogP contribution in [0.3, 0.4) is 0 Å². The standard InChI is InChI=1S/C7H17N3O3S/c1-7(2)9(4-5-11)10(12)8-13-6-14-3/h7,11H,4-6H2,1-3H3. The van der Waals surface area contributed by atoms with Crippen LogP contribution >= 0.6 is 11.8 Å². The van der Waals surface area contributed by atoms with Crippen LogP contribution in [0.2, 0.25) is 0 Å². The van der Waals surface area contributed by atoms with Crippen molar-refractivity contribution in [2.45, 2.75) is 19.9 Å². The maximum atomic E-state index is 11.3. The van der Waals surface area contributed by atoms with Crippen molar-refractivity contribution in [1.82, 2.24) is 5.01 Å². The molecule has 0 bridgehead atoms. The third-order valence-electron chi connectivity index (χ3n) is 1.44. The summed E-state index contributed by atoms with van der Waals surface area (Å²) < 4.78 is 0. The number of aliphatic hydroxyl groups is 1. The van der Waals surface area contributed by atoms with Crippen LogP contribution < -0.4 is 0 Å². The minimum Gasteiger partial charge on any atom is -0.569 e. The quantitative estimate of drug-likeness (QED) is 0.227. The van der Waals surface area contributed by atoms with Gasteiger partial charge in [0, 0.05) is 0 Å². The summed E-state index contributed by atoms with van der Waals surface area (Å²) in [5, 5.41) is 24.7. The van der Waals surface area contributed by atoms with Gasteiger partial charge >= 0.3 is 0 Å². The highest BCUT2D eigenvalue weighted by atomic mass is 32.2. The van der Waals surface area contributed by atoms with E-state index in [-0.39, 0.29) is 19.2 Å². The van der Waals surface area contributed by atoms with E-state index < -0.39 is 0 Å². The molecule has 0 fully saturated rings. The second-order valence-electron chi connectivity index (χ2n) is 2.85. The van der Waals surface area contributed by atoms with Crippen LogP contribution in [0.15, 0.2) is 5.28 Å². The van der Waals surface area contributed by atoms with Gasteiger partial charge in [0.2, 0.25) is 5.28 Å². The minimum atomic E-state index is -0.0883. The van der Waals surface area contributed by atoms with Gasteiger partial charge in [-0.05, 0) is 20.1 Å². The molecule has 0 saturated heterocycles. The largest absolute Gasteiger partial charge is 0.569 e. The lowest BCUT2D eigenvalue weighted by Gasteiger charge is -2.20. The summed E-state index contributed by atoms with van der Waals surface area (Å²) in [5.41, 5.74) is 0. The summed E-state index contributed by atoms with van der Waals surface area (Å²) in [4.78, 5) is 5.07. The highest BCUT2D eigenvalue weighted by Gasteiger charge is 2.16. The highest BCUT2D eigenvalue weighted by molar-refractivity contribution is 7.98. The van der Waals surface area contributed by atoms with Crippen molar-refractivity contribution in [1.29, 1.82) is 0 Å². The molecule has 0 aromatic heterocycles. The number of hydrogen-bond donors (Lipinski definition) is 1. The van der Waals surface area contributed by atoms with Gasteiger partial charge in [-0.3, -0.25) is 0 Å². The van der Waals surface area contributed by atoms with E-state index in [1.807, 2.05) is 20.1 Å². The molecule has 1 N–H and O–H groups in total. The number of nitrogens with zero attached hydrogens (tertiary/aromatic N) is 3. The molecule has 0 aliphatic heterocycles. The fraction of sp³-hybridized carbons (Fsp3) is 1.00. The van der Waals surface area contributed by atoms with Crippen LogP contribution in [0, 0.1) is 5.21 Å². The van der Waals surface area contributed by atoms with Crippen LogP contribution in [-0.4, -0.2) is 46.5 Å². The van der Waals surface area contributed by atoms with Crippen molar-refractivity contribution in [3.8, 4) is 0 Å². The number of thioether (sulfide) groups is 1. The predicted molar refractivity (Wildman–Crippen MR) is 54.5 cm³/mol. The lowest BCUT2D eigenvalue weighted by atomic mass is 10.4. The van der Waals surface area contributed by atoms with Crippen LogP contribution in [0.5, 0.6) is 0 Å². The zero-order valence-corrected chi connectivity index (χ0v) is 9.53. The average molecular weight is 223 g/mol. The van der Waals surface area contributed by atoms with E-state index >= 15 is 0 Å². The Hall–Kier alpha value is -0.690. The maximum absolute atomic E-state index is 11.3. The summed E-state index contributed by atoms with van der Waals surface area (Å²) >= 11 is 1.43. The van der Waals surface area contributed by atoms with Crippen molar-refractivity contribution in [3.63, 3.8) is 0 Å². The van der Waals surface area contributed by atoms with E-state index in [0.29, 0.717) is 10.9 Å². The maximum Gasteiger partial charge on any atom is 0.234 e. The fourth-order valence-electron chi connectivity index (χ4n) is 0.816. The molecule has 0 heterocycles. The second-order valence-corrected chi connectivity index (χ2v) is 3.66. The Morgan fingerprint density at radius 2 is 2.29 bits per heavy atom. The van der Waals surface area contributed by atoms with Crippen molar-refractivity contribution < 1.29 is 14.9 Å². The second kappa shape index (κ2) is 7.69. The molecule has 0 aliphatic rings. The molecule has 0 radical (unpaired) electrons. The molecule has 0 saturated carbocycles. The van der Waals surface area contributed by atoms with Crippen molar-refractivity contribution in [2.24, 2.45) is 5.28 Å². The third-order valence-corrected chi connectivity index (χ3v) is 1.78. The Morgan fingerprint density at radius 3 is 2.71 bits per heavy atom. The molecule has 0 aromatic carbocycles. The Kier molecular flexibility index (Phi) is 7.31. The Balaban J connectivity index is 4.12. The summed E-state index contributed by atoms with van der Waals surface area (Å²) in [7, 11) is 0. The van der Waals surface area contributed by atoms with E-state index in [2.05, 4.69) is 5.28 Å². The molecule has 0 amide bonds. The molecular weight excluding hydrogens is 206 g/mol. The lowest BCUT2D eigenvalue weighted by Crippen LogP contribution is -2.39. The molecule has 6 nitrogen and oxygen atoms in total. The van der Waals surface area contributed by atoms with Gasteiger partial charge in [-0.1, -0.05) is 0 Å². The molecule has 0 unspecified atom stereocenters. The van der Waals surface area contributed by atoms with E-state index in [1.54, 1.807) is 0 Å². The number of rotatable bonds is 7. The van der Waals surface area contributed by atoms with Crippen LogP contribution in [0.25, 0.3) is 0 Å². The van der Waals surface area contributed by atoms with Crippen LogP contribution in [-0.2, 0) is 4.84 Å².